The van der Waals surface area contributed by atoms with Gasteiger partial charge in [-0.25, -0.2) is 4.79 Å². The second kappa shape index (κ2) is 8.95. The number of carboxylic acids is 1. The number of aromatic carboxylic acids is 1. The van der Waals surface area contributed by atoms with Gasteiger partial charge in [0.25, 0.3) is 0 Å². The molecule has 0 spiro atoms. The van der Waals surface area contributed by atoms with Gasteiger partial charge in [-0.15, -0.1) is 0 Å². The lowest BCUT2D eigenvalue weighted by Gasteiger charge is -2.34. The number of carboxylic acid groups (broad SMARTS) is 1. The molecule has 2 aromatic rings. The van der Waals surface area contributed by atoms with Crippen LogP contribution in [0.5, 0.6) is 5.75 Å². The molecule has 0 atom stereocenters. The Kier molecular flexibility index (Phi) is 7.02. The fourth-order valence-corrected chi connectivity index (χ4v) is 3.81. The number of aliphatic hydroxyl groups excluding tert-OH is 1. The van der Waals surface area contributed by atoms with Gasteiger partial charge in [-0.3, -0.25) is 0 Å². The van der Waals surface area contributed by atoms with E-state index in [0.717, 1.165) is 29.5 Å². The summed E-state index contributed by atoms with van der Waals surface area (Å²) in [7, 11) is 0. The van der Waals surface area contributed by atoms with Crippen LogP contribution in [0.15, 0.2) is 48.4 Å². The molecule has 162 valence electrons. The smallest absolute Gasteiger partial charge is 0.335 e. The van der Waals surface area contributed by atoms with Crippen LogP contribution >= 0.6 is 0 Å². The maximum atomic E-state index is 11.4. The van der Waals surface area contributed by atoms with Gasteiger partial charge >= 0.3 is 5.97 Å². The van der Waals surface area contributed by atoms with Crippen molar-refractivity contribution in [3.05, 3.63) is 76.2 Å². The van der Waals surface area contributed by atoms with E-state index in [0.29, 0.717) is 11.3 Å². The molecule has 0 fully saturated rings. The van der Waals surface area contributed by atoms with Crippen molar-refractivity contribution in [1.82, 2.24) is 0 Å². The Morgan fingerprint density at radius 3 is 1.90 bits per heavy atom. The third-order valence-electron chi connectivity index (χ3n) is 6.01. The fourth-order valence-electron chi connectivity index (χ4n) is 3.81. The highest BCUT2D eigenvalue weighted by molar-refractivity contribution is 5.89. The second-order valence-corrected chi connectivity index (χ2v) is 8.98. The summed E-state index contributed by atoms with van der Waals surface area (Å²) in [6, 6.07) is 11.8. The molecule has 0 amide bonds. The van der Waals surface area contributed by atoms with Gasteiger partial charge in [0.05, 0.1) is 5.56 Å². The Balaban J connectivity index is 2.47. The van der Waals surface area contributed by atoms with E-state index in [2.05, 4.69) is 26.0 Å². The molecule has 0 aliphatic carbocycles. The molecule has 0 saturated carbocycles. The van der Waals surface area contributed by atoms with Crippen LogP contribution < -0.4 is 4.74 Å². The maximum Gasteiger partial charge on any atom is 0.335 e. The van der Waals surface area contributed by atoms with Crippen molar-refractivity contribution in [3.63, 3.8) is 0 Å². The minimum absolute atomic E-state index is 0.191. The van der Waals surface area contributed by atoms with Gasteiger partial charge in [-0.1, -0.05) is 58.9 Å². The highest BCUT2D eigenvalue weighted by atomic mass is 16.5. The molecule has 4 nitrogen and oxygen atoms in total. The van der Waals surface area contributed by atoms with E-state index in [1.165, 1.54) is 11.8 Å². The summed E-state index contributed by atoms with van der Waals surface area (Å²) >= 11 is 0. The molecule has 2 aromatic carbocycles. The van der Waals surface area contributed by atoms with Crippen LogP contribution in [0.25, 0.3) is 0 Å². The van der Waals surface area contributed by atoms with Gasteiger partial charge in [-0.05, 0) is 61.1 Å². The zero-order valence-corrected chi connectivity index (χ0v) is 19.2. The van der Waals surface area contributed by atoms with Gasteiger partial charge in [0.1, 0.15) is 17.8 Å². The van der Waals surface area contributed by atoms with Crippen molar-refractivity contribution in [2.75, 3.05) is 0 Å². The lowest BCUT2D eigenvalue weighted by atomic mass is 9.70. The third-order valence-corrected chi connectivity index (χ3v) is 6.01. The number of carbonyl (C=O) groups is 1. The first-order chi connectivity index (χ1) is 14.0. The van der Waals surface area contributed by atoms with Crippen LogP contribution in [0.4, 0.5) is 0 Å². The van der Waals surface area contributed by atoms with Gasteiger partial charge in [-0.2, -0.15) is 0 Å². The van der Waals surface area contributed by atoms with Crippen LogP contribution in [-0.2, 0) is 5.41 Å². The first-order valence-electron chi connectivity index (χ1n) is 10.5. The van der Waals surface area contributed by atoms with E-state index < -0.39 is 5.97 Å². The lowest BCUT2D eigenvalue weighted by molar-refractivity contribution is 0.0696. The number of aliphatic hydroxyl groups is 1. The van der Waals surface area contributed by atoms with Crippen LogP contribution in [-0.4, -0.2) is 16.2 Å². The Bertz CT molecular complexity index is 944. The topological polar surface area (TPSA) is 66.8 Å². The number of allylic oxidation sites excluding steroid dienone is 1. The normalized spacial score (nSPS) is 12.7. The summed E-state index contributed by atoms with van der Waals surface area (Å²) in [4.78, 5) is 11.4. The minimum atomic E-state index is -0.901. The monoisotopic (exact) mass is 410 g/mol. The summed E-state index contributed by atoms with van der Waals surface area (Å²) in [5, 5.41) is 19.5. The van der Waals surface area contributed by atoms with Gasteiger partial charge < -0.3 is 14.9 Å². The van der Waals surface area contributed by atoms with E-state index in [1.807, 2.05) is 52.8 Å². The summed E-state index contributed by atoms with van der Waals surface area (Å²) in [6.07, 6.45) is 3.18. The first kappa shape index (κ1) is 23.5. The predicted molar refractivity (Wildman–Crippen MR) is 121 cm³/mol. The van der Waals surface area contributed by atoms with Crippen molar-refractivity contribution in [2.24, 2.45) is 5.41 Å². The SMILES string of the molecule is CCC(CC)(c1ccc(O/C=C(\O)C(C)(C)C)c(C)c1)c1ccc(C(=O)O)c(C)c1. The molecule has 0 aromatic heterocycles. The molecular weight excluding hydrogens is 376 g/mol. The summed E-state index contributed by atoms with van der Waals surface area (Å²) < 4.78 is 5.75. The maximum absolute atomic E-state index is 11.4. The van der Waals surface area contributed by atoms with Crippen LogP contribution in [0.3, 0.4) is 0 Å². The lowest BCUT2D eigenvalue weighted by Crippen LogP contribution is -2.26. The molecule has 30 heavy (non-hydrogen) atoms. The number of hydrogen-bond acceptors (Lipinski definition) is 3. The Hall–Kier alpha value is -2.75. The highest BCUT2D eigenvalue weighted by Gasteiger charge is 2.31. The molecule has 0 aliphatic rings. The standard InChI is InChI=1S/C26H34O4/c1-8-26(9-2,19-10-12-21(24(28)29)17(3)14-19)20-11-13-22(18(4)15-20)30-16-23(27)25(5,6)7/h10-16,27H,8-9H2,1-7H3,(H,28,29)/b23-16-. The summed E-state index contributed by atoms with van der Waals surface area (Å²) in [5.41, 5.74) is 3.80. The van der Waals surface area contributed by atoms with Crippen molar-refractivity contribution in [3.8, 4) is 5.75 Å². The average Bonchev–Trinajstić information content (AvgIpc) is 2.67. The number of benzene rings is 2. The number of hydrogen-bond donors (Lipinski definition) is 2. The highest BCUT2D eigenvalue weighted by Crippen LogP contribution is 2.41. The van der Waals surface area contributed by atoms with Gasteiger partial charge in [0.15, 0.2) is 0 Å². The van der Waals surface area contributed by atoms with E-state index in [1.54, 1.807) is 6.07 Å². The van der Waals surface area contributed by atoms with Crippen LogP contribution in [0.1, 0.15) is 80.1 Å². The molecule has 0 unspecified atom stereocenters. The van der Waals surface area contributed by atoms with Crippen molar-refractivity contribution in [1.29, 1.82) is 0 Å². The third kappa shape index (κ3) is 4.69. The Morgan fingerprint density at radius 1 is 0.933 bits per heavy atom. The second-order valence-electron chi connectivity index (χ2n) is 8.98. The zero-order chi connectivity index (χ0) is 22.7. The molecule has 0 bridgehead atoms. The first-order valence-corrected chi connectivity index (χ1v) is 10.5. The minimum Gasteiger partial charge on any atom is -0.509 e. The van der Waals surface area contributed by atoms with E-state index in [4.69, 9.17) is 4.74 Å². The molecule has 0 saturated heterocycles. The Morgan fingerprint density at radius 2 is 1.47 bits per heavy atom. The van der Waals surface area contributed by atoms with E-state index >= 15 is 0 Å². The molecule has 4 heteroatoms. The van der Waals surface area contributed by atoms with Gasteiger partial charge in [0, 0.05) is 10.8 Å². The molecule has 2 rings (SSSR count). The molecular formula is C26H34O4. The average molecular weight is 411 g/mol. The van der Waals surface area contributed by atoms with Crippen LogP contribution in [0.2, 0.25) is 0 Å². The number of aryl methyl sites for hydroxylation is 2. The van der Waals surface area contributed by atoms with E-state index in [9.17, 15) is 15.0 Å². The zero-order valence-electron chi connectivity index (χ0n) is 19.2. The van der Waals surface area contributed by atoms with Crippen LogP contribution in [0, 0.1) is 19.3 Å². The summed E-state index contributed by atoms with van der Waals surface area (Å²) in [5.74, 6) is -0.00828. The predicted octanol–water partition coefficient (Wildman–Crippen LogP) is 6.93. The van der Waals surface area contributed by atoms with Crippen molar-refractivity contribution >= 4 is 5.97 Å². The fraction of sp³-hybridized carbons (Fsp3) is 0.423. The van der Waals surface area contributed by atoms with E-state index in [-0.39, 0.29) is 16.6 Å². The Labute approximate surface area is 180 Å². The largest absolute Gasteiger partial charge is 0.509 e. The van der Waals surface area contributed by atoms with Gasteiger partial charge in [0.2, 0.25) is 0 Å². The van der Waals surface area contributed by atoms with Crippen molar-refractivity contribution in [2.45, 2.75) is 66.7 Å². The summed E-state index contributed by atoms with van der Waals surface area (Å²) in [6.45, 7) is 13.9. The molecule has 2 N–H and O–H groups in total. The van der Waals surface area contributed by atoms with Crippen molar-refractivity contribution < 1.29 is 19.7 Å². The number of rotatable bonds is 7. The number of ether oxygens (including phenoxy) is 1. The molecule has 0 aliphatic heterocycles. The molecule has 0 heterocycles. The molecule has 0 radical (unpaired) electrons. The quantitative estimate of drug-likeness (QED) is 0.486.